The van der Waals surface area contributed by atoms with Crippen molar-refractivity contribution in [1.29, 1.82) is 0 Å². The lowest BCUT2D eigenvalue weighted by atomic mass is 10.1. The molecule has 0 bridgehead atoms. The van der Waals surface area contributed by atoms with E-state index in [0.717, 1.165) is 0 Å². The summed E-state index contributed by atoms with van der Waals surface area (Å²) in [5.41, 5.74) is 0.0899. The standard InChI is InChI=1S/C12H8BrNO5/c1-18-12(15)8-5-7(11-3-2-4-19-11)9(13)6-10(8)14(16)17/h2-6H,1H3. The molecule has 98 valence electrons. The molecule has 0 aliphatic rings. The second-order valence-electron chi connectivity index (χ2n) is 3.58. The first-order valence-corrected chi connectivity index (χ1v) is 5.94. The predicted octanol–water partition coefficient (Wildman–Crippen LogP) is 3.40. The van der Waals surface area contributed by atoms with Gasteiger partial charge in [0.15, 0.2) is 0 Å². The minimum Gasteiger partial charge on any atom is -0.465 e. The monoisotopic (exact) mass is 325 g/mol. The number of rotatable bonds is 3. The third-order valence-corrected chi connectivity index (χ3v) is 3.13. The van der Waals surface area contributed by atoms with E-state index in [0.29, 0.717) is 15.8 Å². The Kier molecular flexibility index (Phi) is 3.66. The van der Waals surface area contributed by atoms with E-state index < -0.39 is 10.9 Å². The molecule has 0 N–H and O–H groups in total. The van der Waals surface area contributed by atoms with E-state index in [1.807, 2.05) is 0 Å². The highest BCUT2D eigenvalue weighted by atomic mass is 79.9. The topological polar surface area (TPSA) is 82.6 Å². The first-order chi connectivity index (χ1) is 9.04. The Morgan fingerprint density at radius 2 is 2.21 bits per heavy atom. The molecule has 0 saturated heterocycles. The van der Waals surface area contributed by atoms with Crippen LogP contribution in [0.2, 0.25) is 0 Å². The molecule has 1 heterocycles. The van der Waals surface area contributed by atoms with Crippen molar-refractivity contribution in [1.82, 2.24) is 0 Å². The third-order valence-electron chi connectivity index (χ3n) is 2.47. The number of carbonyl (C=O) groups is 1. The van der Waals surface area contributed by atoms with Crippen LogP contribution in [0, 0.1) is 10.1 Å². The summed E-state index contributed by atoms with van der Waals surface area (Å²) in [6.07, 6.45) is 1.47. The lowest BCUT2D eigenvalue weighted by Gasteiger charge is -2.06. The fourth-order valence-electron chi connectivity index (χ4n) is 1.61. The van der Waals surface area contributed by atoms with Gasteiger partial charge in [0.2, 0.25) is 0 Å². The second-order valence-corrected chi connectivity index (χ2v) is 4.43. The molecule has 2 rings (SSSR count). The number of hydrogen-bond acceptors (Lipinski definition) is 5. The molecule has 19 heavy (non-hydrogen) atoms. The molecule has 2 aromatic rings. The van der Waals surface area contributed by atoms with Gasteiger partial charge in [-0.2, -0.15) is 0 Å². The zero-order valence-electron chi connectivity index (χ0n) is 9.75. The molecule has 6 nitrogen and oxygen atoms in total. The number of halogens is 1. The molecule has 0 amide bonds. The maximum absolute atomic E-state index is 11.6. The van der Waals surface area contributed by atoms with Gasteiger partial charge in [0.25, 0.3) is 5.69 Å². The van der Waals surface area contributed by atoms with E-state index in [1.165, 1.54) is 25.5 Å². The van der Waals surface area contributed by atoms with Crippen molar-refractivity contribution in [2.45, 2.75) is 0 Å². The van der Waals surface area contributed by atoms with Crippen LogP contribution >= 0.6 is 15.9 Å². The second kappa shape index (κ2) is 5.23. The van der Waals surface area contributed by atoms with Gasteiger partial charge in [-0.3, -0.25) is 10.1 Å². The molecule has 0 fully saturated rings. The van der Waals surface area contributed by atoms with Gasteiger partial charge < -0.3 is 9.15 Å². The van der Waals surface area contributed by atoms with Gasteiger partial charge in [-0.25, -0.2) is 4.79 Å². The highest BCUT2D eigenvalue weighted by Gasteiger charge is 2.24. The number of hydrogen-bond donors (Lipinski definition) is 0. The van der Waals surface area contributed by atoms with Gasteiger partial charge in [-0.15, -0.1) is 0 Å². The van der Waals surface area contributed by atoms with Gasteiger partial charge in [0.1, 0.15) is 11.3 Å². The van der Waals surface area contributed by atoms with Crippen LogP contribution in [0.15, 0.2) is 39.4 Å². The summed E-state index contributed by atoms with van der Waals surface area (Å²) in [6, 6.07) is 5.99. The summed E-state index contributed by atoms with van der Waals surface area (Å²) < 4.78 is 10.2. The highest BCUT2D eigenvalue weighted by molar-refractivity contribution is 9.10. The van der Waals surface area contributed by atoms with Crippen molar-refractivity contribution in [3.8, 4) is 11.3 Å². The lowest BCUT2D eigenvalue weighted by Crippen LogP contribution is -2.06. The van der Waals surface area contributed by atoms with E-state index in [-0.39, 0.29) is 11.3 Å². The van der Waals surface area contributed by atoms with E-state index in [9.17, 15) is 14.9 Å². The zero-order chi connectivity index (χ0) is 14.0. The fourth-order valence-corrected chi connectivity index (χ4v) is 2.13. The normalized spacial score (nSPS) is 10.2. The number of benzene rings is 1. The molecule has 0 saturated carbocycles. The number of furan rings is 1. The van der Waals surface area contributed by atoms with Gasteiger partial charge in [0.05, 0.1) is 18.3 Å². The minimum absolute atomic E-state index is 0.123. The summed E-state index contributed by atoms with van der Waals surface area (Å²) in [7, 11) is 1.17. The third kappa shape index (κ3) is 2.50. The van der Waals surface area contributed by atoms with Crippen LogP contribution in [-0.4, -0.2) is 18.0 Å². The van der Waals surface area contributed by atoms with E-state index >= 15 is 0 Å². The van der Waals surface area contributed by atoms with Crippen LogP contribution in [-0.2, 0) is 4.74 Å². The molecule has 0 radical (unpaired) electrons. The smallest absolute Gasteiger partial charge is 0.344 e. The van der Waals surface area contributed by atoms with Crippen molar-refractivity contribution >= 4 is 27.6 Å². The van der Waals surface area contributed by atoms with Crippen LogP contribution in [0.3, 0.4) is 0 Å². The van der Waals surface area contributed by atoms with Crippen molar-refractivity contribution < 1.29 is 18.9 Å². The van der Waals surface area contributed by atoms with Crippen molar-refractivity contribution in [2.24, 2.45) is 0 Å². The number of esters is 1. The molecule has 7 heteroatoms. The molecule has 0 spiro atoms. The van der Waals surface area contributed by atoms with Crippen molar-refractivity contribution in [3.63, 3.8) is 0 Å². The summed E-state index contributed by atoms with van der Waals surface area (Å²) in [5, 5.41) is 10.9. The number of carbonyl (C=O) groups excluding carboxylic acids is 1. The number of nitrogens with zero attached hydrogens (tertiary/aromatic N) is 1. The molecule has 1 aromatic heterocycles. The Morgan fingerprint density at radius 3 is 2.74 bits per heavy atom. The highest BCUT2D eigenvalue weighted by Crippen LogP contribution is 2.34. The maximum Gasteiger partial charge on any atom is 0.344 e. The Labute approximate surface area is 116 Å². The first kappa shape index (κ1) is 13.3. The van der Waals surface area contributed by atoms with E-state index in [2.05, 4.69) is 20.7 Å². The summed E-state index contributed by atoms with van der Waals surface area (Å²) in [6.45, 7) is 0. The number of methoxy groups -OCH3 is 1. The number of ether oxygens (including phenoxy) is 1. The Hall–Kier alpha value is -2.15. The lowest BCUT2D eigenvalue weighted by molar-refractivity contribution is -0.385. The number of nitro benzene ring substituents is 1. The summed E-state index contributed by atoms with van der Waals surface area (Å²) >= 11 is 3.23. The summed E-state index contributed by atoms with van der Waals surface area (Å²) in [4.78, 5) is 21.9. The Balaban J connectivity index is 2.66. The van der Waals surface area contributed by atoms with Gasteiger partial charge in [0, 0.05) is 16.1 Å². The quantitative estimate of drug-likeness (QED) is 0.490. The SMILES string of the molecule is COC(=O)c1cc(-c2ccco2)c(Br)cc1[N+](=O)[O-]. The van der Waals surface area contributed by atoms with E-state index in [1.54, 1.807) is 12.1 Å². The van der Waals surface area contributed by atoms with Gasteiger partial charge >= 0.3 is 5.97 Å². The molecular weight excluding hydrogens is 318 g/mol. The van der Waals surface area contributed by atoms with Crippen LogP contribution in [0.25, 0.3) is 11.3 Å². The van der Waals surface area contributed by atoms with Crippen molar-refractivity contribution in [3.05, 3.63) is 50.7 Å². The Bertz CT molecular complexity index is 636. The maximum atomic E-state index is 11.6. The van der Waals surface area contributed by atoms with E-state index in [4.69, 9.17) is 4.42 Å². The molecule has 0 aliphatic heterocycles. The molecule has 0 unspecified atom stereocenters. The molecular formula is C12H8BrNO5. The molecule has 0 aliphatic carbocycles. The van der Waals surface area contributed by atoms with Crippen LogP contribution in [0.1, 0.15) is 10.4 Å². The van der Waals surface area contributed by atoms with Crippen LogP contribution in [0.4, 0.5) is 5.69 Å². The predicted molar refractivity (Wildman–Crippen MR) is 69.8 cm³/mol. The average molecular weight is 326 g/mol. The van der Waals surface area contributed by atoms with Crippen molar-refractivity contribution in [2.75, 3.05) is 7.11 Å². The Morgan fingerprint density at radius 1 is 1.47 bits per heavy atom. The molecule has 1 aromatic carbocycles. The molecule has 0 atom stereocenters. The van der Waals surface area contributed by atoms with Crippen LogP contribution in [0.5, 0.6) is 0 Å². The summed E-state index contributed by atoms with van der Waals surface area (Å²) in [5.74, 6) is -0.279. The largest absolute Gasteiger partial charge is 0.465 e. The minimum atomic E-state index is -0.771. The average Bonchev–Trinajstić information content (AvgIpc) is 2.91. The zero-order valence-corrected chi connectivity index (χ0v) is 11.3. The van der Waals surface area contributed by atoms with Gasteiger partial charge in [-0.1, -0.05) is 0 Å². The van der Waals surface area contributed by atoms with Gasteiger partial charge in [-0.05, 0) is 34.1 Å². The number of nitro groups is 1. The first-order valence-electron chi connectivity index (χ1n) is 5.14. The fraction of sp³-hybridized carbons (Fsp3) is 0.0833. The van der Waals surface area contributed by atoms with Crippen LogP contribution < -0.4 is 0 Å².